The van der Waals surface area contributed by atoms with E-state index in [9.17, 15) is 0 Å². The number of oxime groups is 1. The van der Waals surface area contributed by atoms with Crippen LogP contribution in [0.2, 0.25) is 0 Å². The molecule has 1 aromatic heterocycles. The summed E-state index contributed by atoms with van der Waals surface area (Å²) in [6.07, 6.45) is 1.32. The van der Waals surface area contributed by atoms with Gasteiger partial charge in [-0.15, -0.1) is 0 Å². The molecule has 0 aliphatic carbocycles. The SMILES string of the molecule is CC(=NO)c1ocnc1C. The number of hydrogen-bond acceptors (Lipinski definition) is 4. The molecule has 0 atom stereocenters. The first-order chi connectivity index (χ1) is 4.75. The molecule has 0 unspecified atom stereocenters. The third kappa shape index (κ3) is 1.00. The van der Waals surface area contributed by atoms with E-state index in [0.29, 0.717) is 11.5 Å². The van der Waals surface area contributed by atoms with Crippen molar-refractivity contribution in [3.05, 3.63) is 17.8 Å². The Bertz CT molecular complexity index is 252. The molecule has 0 saturated carbocycles. The van der Waals surface area contributed by atoms with Gasteiger partial charge in [-0.1, -0.05) is 5.16 Å². The van der Waals surface area contributed by atoms with E-state index in [4.69, 9.17) is 9.62 Å². The molecular weight excluding hydrogens is 132 g/mol. The molecule has 4 nitrogen and oxygen atoms in total. The van der Waals surface area contributed by atoms with Crippen LogP contribution < -0.4 is 0 Å². The molecule has 1 rings (SSSR count). The van der Waals surface area contributed by atoms with Crippen LogP contribution in [-0.2, 0) is 0 Å². The largest absolute Gasteiger partial charge is 0.442 e. The van der Waals surface area contributed by atoms with Gasteiger partial charge in [0.25, 0.3) is 0 Å². The van der Waals surface area contributed by atoms with E-state index in [0.717, 1.165) is 5.69 Å². The van der Waals surface area contributed by atoms with Crippen LogP contribution in [0.3, 0.4) is 0 Å². The third-order valence-electron chi connectivity index (χ3n) is 1.22. The Hall–Kier alpha value is -1.32. The van der Waals surface area contributed by atoms with Crippen molar-refractivity contribution in [1.29, 1.82) is 0 Å². The highest BCUT2D eigenvalue weighted by molar-refractivity contribution is 5.96. The maximum atomic E-state index is 8.33. The van der Waals surface area contributed by atoms with Crippen LogP contribution in [0.15, 0.2) is 16.0 Å². The molecule has 0 spiro atoms. The fourth-order valence-electron chi connectivity index (χ4n) is 0.695. The van der Waals surface area contributed by atoms with Gasteiger partial charge in [0.1, 0.15) is 5.71 Å². The van der Waals surface area contributed by atoms with Crippen LogP contribution in [0.5, 0.6) is 0 Å². The molecule has 4 heteroatoms. The van der Waals surface area contributed by atoms with Crippen molar-refractivity contribution in [3.8, 4) is 0 Å². The van der Waals surface area contributed by atoms with Gasteiger partial charge in [-0.05, 0) is 13.8 Å². The average Bonchev–Trinajstić information content (AvgIpc) is 2.34. The third-order valence-corrected chi connectivity index (χ3v) is 1.22. The van der Waals surface area contributed by atoms with E-state index in [1.54, 1.807) is 13.8 Å². The predicted octanol–water partition coefficient (Wildman–Crippen LogP) is 1.18. The van der Waals surface area contributed by atoms with E-state index in [2.05, 4.69) is 10.1 Å². The quantitative estimate of drug-likeness (QED) is 0.362. The van der Waals surface area contributed by atoms with Gasteiger partial charge in [-0.2, -0.15) is 0 Å². The van der Waals surface area contributed by atoms with Crippen molar-refractivity contribution in [1.82, 2.24) is 4.98 Å². The molecule has 0 amide bonds. The highest BCUT2D eigenvalue weighted by atomic mass is 16.4. The average molecular weight is 140 g/mol. The smallest absolute Gasteiger partial charge is 0.181 e. The highest BCUT2D eigenvalue weighted by Gasteiger charge is 2.05. The number of rotatable bonds is 1. The summed E-state index contributed by atoms with van der Waals surface area (Å²) in [6.45, 7) is 3.43. The first kappa shape index (κ1) is 6.80. The molecule has 0 aliphatic heterocycles. The van der Waals surface area contributed by atoms with Gasteiger partial charge in [0, 0.05) is 0 Å². The lowest BCUT2D eigenvalue weighted by Gasteiger charge is -1.90. The van der Waals surface area contributed by atoms with Gasteiger partial charge in [-0.3, -0.25) is 0 Å². The first-order valence-corrected chi connectivity index (χ1v) is 2.85. The second-order valence-corrected chi connectivity index (χ2v) is 1.95. The van der Waals surface area contributed by atoms with Gasteiger partial charge in [0.15, 0.2) is 12.2 Å². The molecule has 0 aromatic carbocycles. The zero-order valence-corrected chi connectivity index (χ0v) is 5.83. The number of nitrogens with zero attached hydrogens (tertiary/aromatic N) is 2. The summed E-state index contributed by atoms with van der Waals surface area (Å²) in [5.41, 5.74) is 1.17. The van der Waals surface area contributed by atoms with Crippen LogP contribution >= 0.6 is 0 Å². The molecule has 0 radical (unpaired) electrons. The van der Waals surface area contributed by atoms with E-state index in [-0.39, 0.29) is 0 Å². The minimum absolute atomic E-state index is 0.440. The van der Waals surface area contributed by atoms with Gasteiger partial charge >= 0.3 is 0 Å². The number of oxazole rings is 1. The van der Waals surface area contributed by atoms with E-state index < -0.39 is 0 Å². The van der Waals surface area contributed by atoms with Gasteiger partial charge in [0.2, 0.25) is 0 Å². The first-order valence-electron chi connectivity index (χ1n) is 2.85. The number of aryl methyl sites for hydroxylation is 1. The van der Waals surface area contributed by atoms with Crippen molar-refractivity contribution < 1.29 is 9.62 Å². The lowest BCUT2D eigenvalue weighted by molar-refractivity contribution is 0.317. The summed E-state index contributed by atoms with van der Waals surface area (Å²) in [7, 11) is 0. The summed E-state index contributed by atoms with van der Waals surface area (Å²) in [6, 6.07) is 0. The van der Waals surface area contributed by atoms with Crippen LogP contribution in [0.1, 0.15) is 18.4 Å². The van der Waals surface area contributed by atoms with Crippen LogP contribution in [0, 0.1) is 6.92 Å². The summed E-state index contributed by atoms with van der Waals surface area (Å²) in [5.74, 6) is 0.530. The Kier molecular flexibility index (Phi) is 1.71. The fourth-order valence-corrected chi connectivity index (χ4v) is 0.695. The molecule has 0 bridgehead atoms. The Morgan fingerprint density at radius 1 is 1.80 bits per heavy atom. The monoisotopic (exact) mass is 140 g/mol. The van der Waals surface area contributed by atoms with E-state index in [1.807, 2.05) is 0 Å². The topological polar surface area (TPSA) is 58.6 Å². The van der Waals surface area contributed by atoms with Crippen LogP contribution in [0.4, 0.5) is 0 Å². The molecule has 54 valence electrons. The summed E-state index contributed by atoms with van der Waals surface area (Å²) in [5, 5.41) is 11.3. The maximum Gasteiger partial charge on any atom is 0.181 e. The highest BCUT2D eigenvalue weighted by Crippen LogP contribution is 2.05. The van der Waals surface area contributed by atoms with Crippen molar-refractivity contribution >= 4 is 5.71 Å². The Morgan fingerprint density at radius 3 is 2.90 bits per heavy atom. The minimum atomic E-state index is 0.440. The van der Waals surface area contributed by atoms with E-state index >= 15 is 0 Å². The van der Waals surface area contributed by atoms with Crippen molar-refractivity contribution in [3.63, 3.8) is 0 Å². The molecular formula is C6H8N2O2. The fraction of sp³-hybridized carbons (Fsp3) is 0.333. The normalized spacial score (nSPS) is 12.0. The standard InChI is InChI=1S/C6H8N2O2/c1-4-6(5(2)8-9)10-3-7-4/h3,9H,1-2H3. The molecule has 10 heavy (non-hydrogen) atoms. The zero-order chi connectivity index (χ0) is 7.56. The van der Waals surface area contributed by atoms with Crippen molar-refractivity contribution in [2.45, 2.75) is 13.8 Å². The second-order valence-electron chi connectivity index (χ2n) is 1.95. The molecule has 1 N–H and O–H groups in total. The maximum absolute atomic E-state index is 8.33. The minimum Gasteiger partial charge on any atom is -0.442 e. The van der Waals surface area contributed by atoms with E-state index in [1.165, 1.54) is 6.39 Å². The van der Waals surface area contributed by atoms with Gasteiger partial charge < -0.3 is 9.62 Å². The van der Waals surface area contributed by atoms with Crippen LogP contribution in [0.25, 0.3) is 0 Å². The summed E-state index contributed by atoms with van der Waals surface area (Å²) < 4.78 is 4.92. The van der Waals surface area contributed by atoms with Crippen LogP contribution in [-0.4, -0.2) is 15.9 Å². The van der Waals surface area contributed by atoms with Gasteiger partial charge in [0.05, 0.1) is 5.69 Å². The molecule has 0 aliphatic rings. The second kappa shape index (κ2) is 2.51. The Labute approximate surface area is 58.2 Å². The molecule has 0 fully saturated rings. The number of aromatic nitrogens is 1. The molecule has 1 aromatic rings. The Balaban J connectivity index is 3.05. The van der Waals surface area contributed by atoms with Crippen molar-refractivity contribution in [2.75, 3.05) is 0 Å². The lowest BCUT2D eigenvalue weighted by atomic mass is 10.3. The lowest BCUT2D eigenvalue weighted by Crippen LogP contribution is -1.94. The predicted molar refractivity (Wildman–Crippen MR) is 35.2 cm³/mol. The molecule has 1 heterocycles. The van der Waals surface area contributed by atoms with Crippen molar-refractivity contribution in [2.24, 2.45) is 5.16 Å². The van der Waals surface area contributed by atoms with Gasteiger partial charge in [-0.25, -0.2) is 4.98 Å². The Morgan fingerprint density at radius 2 is 2.50 bits per heavy atom. The summed E-state index contributed by atoms with van der Waals surface area (Å²) in [4.78, 5) is 3.83. The number of hydrogen-bond donors (Lipinski definition) is 1. The zero-order valence-electron chi connectivity index (χ0n) is 5.83. The molecule has 0 saturated heterocycles. The summed E-state index contributed by atoms with van der Waals surface area (Å²) >= 11 is 0.